The molecule has 1 aromatic carbocycles. The molecule has 2 nitrogen and oxygen atoms in total. The van der Waals surface area contributed by atoms with Crippen LogP contribution in [0.15, 0.2) is 18.2 Å². The molecule has 0 fully saturated rings. The predicted octanol–water partition coefficient (Wildman–Crippen LogP) is 3.25. The van der Waals surface area contributed by atoms with E-state index in [-0.39, 0.29) is 0 Å². The topological polar surface area (TPSA) is 12.5 Å². The zero-order valence-electron chi connectivity index (χ0n) is 11.3. The summed E-state index contributed by atoms with van der Waals surface area (Å²) in [7, 11) is 0. The molecule has 1 unspecified atom stereocenters. The molecule has 0 saturated heterocycles. The largest absolute Gasteiger partial charge is 0.488 e. The molecule has 0 amide bonds. The van der Waals surface area contributed by atoms with Gasteiger partial charge in [0.25, 0.3) is 0 Å². The molecular formula is C15H22ClNO. The van der Waals surface area contributed by atoms with E-state index in [0.29, 0.717) is 6.10 Å². The Kier molecular flexibility index (Phi) is 4.90. The van der Waals surface area contributed by atoms with Crippen molar-refractivity contribution < 1.29 is 4.74 Å². The Morgan fingerprint density at radius 2 is 2.28 bits per heavy atom. The van der Waals surface area contributed by atoms with Crippen molar-refractivity contribution in [2.24, 2.45) is 0 Å². The molecule has 1 aliphatic rings. The molecule has 0 aromatic heterocycles. The first-order chi connectivity index (χ1) is 8.72. The molecule has 1 aliphatic heterocycles. The van der Waals surface area contributed by atoms with E-state index < -0.39 is 0 Å². The monoisotopic (exact) mass is 267 g/mol. The van der Waals surface area contributed by atoms with E-state index in [1.165, 1.54) is 11.1 Å². The number of alkyl halides is 1. The number of likely N-dealkylation sites (N-methyl/N-ethyl adjacent to an activating group) is 1. The van der Waals surface area contributed by atoms with Crippen molar-refractivity contribution in [1.29, 1.82) is 0 Å². The van der Waals surface area contributed by atoms with Crippen LogP contribution in [-0.2, 0) is 6.42 Å². The minimum atomic E-state index is 0.303. The molecule has 1 heterocycles. The minimum absolute atomic E-state index is 0.303. The Bertz CT molecular complexity index is 394. The van der Waals surface area contributed by atoms with Gasteiger partial charge >= 0.3 is 0 Å². The fourth-order valence-electron chi connectivity index (χ4n) is 2.50. The summed E-state index contributed by atoms with van der Waals surface area (Å²) in [5.41, 5.74) is 2.67. The third-order valence-electron chi connectivity index (χ3n) is 3.47. The lowest BCUT2D eigenvalue weighted by Crippen LogP contribution is -2.35. The van der Waals surface area contributed by atoms with E-state index in [1.807, 2.05) is 0 Å². The lowest BCUT2D eigenvalue weighted by atomic mass is 10.1. The van der Waals surface area contributed by atoms with Gasteiger partial charge in [0.05, 0.1) is 0 Å². The van der Waals surface area contributed by atoms with Crippen molar-refractivity contribution in [2.45, 2.75) is 32.8 Å². The van der Waals surface area contributed by atoms with Gasteiger partial charge in [-0.25, -0.2) is 0 Å². The van der Waals surface area contributed by atoms with Crippen molar-refractivity contribution in [3.63, 3.8) is 0 Å². The van der Waals surface area contributed by atoms with E-state index in [0.717, 1.165) is 44.1 Å². The highest BCUT2D eigenvalue weighted by Crippen LogP contribution is 2.29. The quantitative estimate of drug-likeness (QED) is 0.734. The van der Waals surface area contributed by atoms with Crippen LogP contribution in [0, 0.1) is 6.92 Å². The Hall–Kier alpha value is -0.730. The summed E-state index contributed by atoms with van der Waals surface area (Å²) in [6, 6.07) is 6.45. The van der Waals surface area contributed by atoms with Gasteiger partial charge in [0, 0.05) is 18.8 Å². The zero-order chi connectivity index (χ0) is 13.0. The van der Waals surface area contributed by atoms with Gasteiger partial charge in [-0.05, 0) is 38.1 Å². The van der Waals surface area contributed by atoms with Gasteiger partial charge in [-0.3, -0.25) is 4.90 Å². The molecule has 18 heavy (non-hydrogen) atoms. The lowest BCUT2D eigenvalue weighted by Gasteiger charge is -2.23. The average Bonchev–Trinajstić information content (AvgIpc) is 2.75. The summed E-state index contributed by atoms with van der Waals surface area (Å²) in [5, 5.41) is 0. The van der Waals surface area contributed by atoms with Crippen molar-refractivity contribution in [1.82, 2.24) is 4.90 Å². The van der Waals surface area contributed by atoms with Crippen LogP contribution >= 0.6 is 11.6 Å². The molecular weight excluding hydrogens is 246 g/mol. The zero-order valence-corrected chi connectivity index (χ0v) is 12.0. The Morgan fingerprint density at radius 3 is 3.00 bits per heavy atom. The van der Waals surface area contributed by atoms with Crippen LogP contribution in [0.1, 0.15) is 24.5 Å². The van der Waals surface area contributed by atoms with Crippen molar-refractivity contribution >= 4 is 11.6 Å². The molecule has 0 aliphatic carbocycles. The summed E-state index contributed by atoms with van der Waals surface area (Å²) >= 11 is 5.75. The summed E-state index contributed by atoms with van der Waals surface area (Å²) < 4.78 is 6.00. The SMILES string of the molecule is CCN(CCCCl)CC1Cc2cc(C)ccc2O1. The summed E-state index contributed by atoms with van der Waals surface area (Å²) in [4.78, 5) is 2.42. The van der Waals surface area contributed by atoms with Crippen LogP contribution in [0.3, 0.4) is 0 Å². The van der Waals surface area contributed by atoms with Crippen molar-refractivity contribution in [3.8, 4) is 5.75 Å². The van der Waals surface area contributed by atoms with E-state index in [9.17, 15) is 0 Å². The Labute approximate surface area is 115 Å². The predicted molar refractivity (Wildman–Crippen MR) is 76.8 cm³/mol. The fraction of sp³-hybridized carbons (Fsp3) is 0.600. The number of hydrogen-bond donors (Lipinski definition) is 0. The third kappa shape index (κ3) is 3.39. The minimum Gasteiger partial charge on any atom is -0.488 e. The second-order valence-electron chi connectivity index (χ2n) is 4.99. The maximum atomic E-state index is 6.00. The summed E-state index contributed by atoms with van der Waals surface area (Å²) in [6.45, 7) is 7.45. The van der Waals surface area contributed by atoms with Gasteiger partial charge in [0.15, 0.2) is 0 Å². The van der Waals surface area contributed by atoms with Gasteiger partial charge in [-0.1, -0.05) is 24.6 Å². The first-order valence-electron chi connectivity index (χ1n) is 6.77. The Balaban J connectivity index is 1.90. The summed E-state index contributed by atoms with van der Waals surface area (Å²) in [6.07, 6.45) is 2.39. The van der Waals surface area contributed by atoms with E-state index in [2.05, 4.69) is 36.9 Å². The second kappa shape index (κ2) is 6.44. The standard InChI is InChI=1S/C15H22ClNO/c1-3-17(8-4-7-16)11-14-10-13-9-12(2)5-6-15(13)18-14/h5-6,9,14H,3-4,7-8,10-11H2,1-2H3. The van der Waals surface area contributed by atoms with E-state index in [4.69, 9.17) is 16.3 Å². The van der Waals surface area contributed by atoms with Crippen molar-refractivity contribution in [2.75, 3.05) is 25.5 Å². The normalized spacial score (nSPS) is 17.9. The number of aryl methyl sites for hydroxylation is 1. The number of hydrogen-bond acceptors (Lipinski definition) is 2. The van der Waals surface area contributed by atoms with Crippen LogP contribution in [0.5, 0.6) is 5.75 Å². The van der Waals surface area contributed by atoms with Gasteiger partial charge < -0.3 is 4.74 Å². The average molecular weight is 268 g/mol. The van der Waals surface area contributed by atoms with Crippen LogP contribution in [0.2, 0.25) is 0 Å². The second-order valence-corrected chi connectivity index (χ2v) is 5.37. The van der Waals surface area contributed by atoms with E-state index >= 15 is 0 Å². The maximum absolute atomic E-state index is 6.00. The molecule has 100 valence electrons. The van der Waals surface area contributed by atoms with Crippen LogP contribution in [0.25, 0.3) is 0 Å². The number of halogens is 1. The number of fused-ring (bicyclic) bond motifs is 1. The van der Waals surface area contributed by atoms with Crippen LogP contribution < -0.4 is 4.74 Å². The fourth-order valence-corrected chi connectivity index (χ4v) is 2.62. The van der Waals surface area contributed by atoms with Crippen LogP contribution in [0.4, 0.5) is 0 Å². The Morgan fingerprint density at radius 1 is 1.44 bits per heavy atom. The van der Waals surface area contributed by atoms with Gasteiger partial charge in [-0.15, -0.1) is 11.6 Å². The number of ether oxygens (including phenoxy) is 1. The van der Waals surface area contributed by atoms with Gasteiger partial charge in [0.1, 0.15) is 11.9 Å². The maximum Gasteiger partial charge on any atom is 0.123 e. The molecule has 0 spiro atoms. The molecule has 1 aromatic rings. The highest BCUT2D eigenvalue weighted by molar-refractivity contribution is 6.17. The number of nitrogens with zero attached hydrogens (tertiary/aromatic N) is 1. The lowest BCUT2D eigenvalue weighted by molar-refractivity contribution is 0.154. The molecule has 2 rings (SSSR count). The number of rotatable bonds is 6. The van der Waals surface area contributed by atoms with Gasteiger partial charge in [-0.2, -0.15) is 0 Å². The molecule has 3 heteroatoms. The van der Waals surface area contributed by atoms with E-state index in [1.54, 1.807) is 0 Å². The third-order valence-corrected chi connectivity index (χ3v) is 3.74. The smallest absolute Gasteiger partial charge is 0.123 e. The summed E-state index contributed by atoms with van der Waals surface area (Å²) in [5.74, 6) is 1.81. The molecule has 0 saturated carbocycles. The molecule has 1 atom stereocenters. The molecule has 0 bridgehead atoms. The molecule has 0 N–H and O–H groups in total. The van der Waals surface area contributed by atoms with Crippen LogP contribution in [-0.4, -0.2) is 36.5 Å². The highest BCUT2D eigenvalue weighted by atomic mass is 35.5. The first-order valence-corrected chi connectivity index (χ1v) is 7.31. The number of benzene rings is 1. The highest BCUT2D eigenvalue weighted by Gasteiger charge is 2.24. The van der Waals surface area contributed by atoms with Gasteiger partial charge in [0.2, 0.25) is 0 Å². The van der Waals surface area contributed by atoms with Crippen molar-refractivity contribution in [3.05, 3.63) is 29.3 Å². The first kappa shape index (κ1) is 13.7. The molecule has 0 radical (unpaired) electrons.